The number of nitrogens with zero attached hydrogens (tertiary/aromatic N) is 5. The van der Waals surface area contributed by atoms with E-state index in [4.69, 9.17) is 0 Å². The first-order valence-electron chi connectivity index (χ1n) is 8.00. The van der Waals surface area contributed by atoms with Crippen molar-refractivity contribution in [2.75, 3.05) is 32.7 Å². The molecule has 1 fully saturated rings. The molecule has 1 aromatic heterocycles. The van der Waals surface area contributed by atoms with Crippen LogP contribution in [0, 0.1) is 0 Å². The Kier molecular flexibility index (Phi) is 8.54. The topological polar surface area (TPSA) is 37.2 Å². The zero-order valence-corrected chi connectivity index (χ0v) is 13.5. The van der Waals surface area contributed by atoms with Crippen LogP contribution in [0.1, 0.15) is 33.4 Å². The van der Waals surface area contributed by atoms with Gasteiger partial charge in [-0.15, -0.1) is 5.10 Å². The summed E-state index contributed by atoms with van der Waals surface area (Å²) in [6, 6.07) is 0. The van der Waals surface area contributed by atoms with Gasteiger partial charge in [-0.25, -0.2) is 0 Å². The summed E-state index contributed by atoms with van der Waals surface area (Å²) >= 11 is 0. The van der Waals surface area contributed by atoms with Crippen molar-refractivity contribution in [3.8, 4) is 0 Å². The summed E-state index contributed by atoms with van der Waals surface area (Å²) in [5.74, 6) is 0. The van der Waals surface area contributed by atoms with Crippen LogP contribution in [0.5, 0.6) is 0 Å². The third kappa shape index (κ3) is 5.63. The highest BCUT2D eigenvalue weighted by Gasteiger charge is 2.16. The average Bonchev–Trinajstić information content (AvgIpc) is 2.97. The third-order valence-corrected chi connectivity index (χ3v) is 3.44. The van der Waals surface area contributed by atoms with Crippen LogP contribution in [0.4, 0.5) is 0 Å². The van der Waals surface area contributed by atoms with Gasteiger partial charge in [-0.1, -0.05) is 39.2 Å². The van der Waals surface area contributed by atoms with Crippen molar-refractivity contribution in [1.29, 1.82) is 0 Å². The summed E-state index contributed by atoms with van der Waals surface area (Å²) in [4.78, 5) is 4.94. The highest BCUT2D eigenvalue weighted by atomic mass is 15.4. The molecule has 0 unspecified atom stereocenters. The number of rotatable bonds is 6. The molecule has 0 aliphatic carbocycles. The Morgan fingerprint density at radius 1 is 1.10 bits per heavy atom. The number of hydrogen-bond acceptors (Lipinski definition) is 4. The fourth-order valence-corrected chi connectivity index (χ4v) is 2.28. The van der Waals surface area contributed by atoms with Crippen molar-refractivity contribution in [3.05, 3.63) is 11.9 Å². The molecule has 0 amide bonds. The van der Waals surface area contributed by atoms with E-state index in [1.807, 2.05) is 18.5 Å². The first kappa shape index (κ1) is 17.2. The maximum Gasteiger partial charge on any atom is 0.208 e. The second-order valence-electron chi connectivity index (χ2n) is 4.79. The van der Waals surface area contributed by atoms with Gasteiger partial charge in [0.1, 0.15) is 0 Å². The number of hydrogen-bond donors (Lipinski definition) is 0. The van der Waals surface area contributed by atoms with E-state index in [0.29, 0.717) is 0 Å². The van der Waals surface area contributed by atoms with Crippen molar-refractivity contribution < 1.29 is 0 Å². The Hall–Kier alpha value is -0.875. The van der Waals surface area contributed by atoms with E-state index < -0.39 is 0 Å². The molecule has 1 aliphatic heterocycles. The third-order valence-electron chi connectivity index (χ3n) is 3.44. The van der Waals surface area contributed by atoms with Crippen LogP contribution in [0.15, 0.2) is 6.20 Å². The van der Waals surface area contributed by atoms with Crippen LogP contribution in [0.2, 0.25) is 6.32 Å². The standard InChI is InChI=1S/C12H23BN5.C2H6/c1-3-12-11-18(15-14-12)10-7-16-5-8-17(9-6-16)13-4-2;1-2/h11H,3-10H2,1-2H3;1-2H3. The molecule has 1 aromatic rings. The van der Waals surface area contributed by atoms with Gasteiger partial charge in [0.25, 0.3) is 0 Å². The molecule has 1 saturated heterocycles. The summed E-state index contributed by atoms with van der Waals surface area (Å²) in [5.41, 5.74) is 1.08. The van der Waals surface area contributed by atoms with E-state index >= 15 is 0 Å². The molecule has 2 heterocycles. The molecule has 0 N–H and O–H groups in total. The van der Waals surface area contributed by atoms with Crippen LogP contribution >= 0.6 is 0 Å². The summed E-state index contributed by atoms with van der Waals surface area (Å²) < 4.78 is 1.96. The van der Waals surface area contributed by atoms with Gasteiger partial charge in [0.05, 0.1) is 12.2 Å². The van der Waals surface area contributed by atoms with Crippen LogP contribution in [0.25, 0.3) is 0 Å². The maximum atomic E-state index is 4.14. The fourth-order valence-electron chi connectivity index (χ4n) is 2.28. The monoisotopic (exact) mass is 278 g/mol. The number of aryl methyl sites for hydroxylation is 1. The van der Waals surface area contributed by atoms with Gasteiger partial charge in [0, 0.05) is 25.8 Å². The Bertz CT molecular complexity index is 347. The second-order valence-corrected chi connectivity index (χ2v) is 4.79. The summed E-state index contributed by atoms with van der Waals surface area (Å²) in [5, 5.41) is 8.26. The Morgan fingerprint density at radius 3 is 2.35 bits per heavy atom. The van der Waals surface area contributed by atoms with E-state index in [2.05, 4.69) is 47.5 Å². The van der Waals surface area contributed by atoms with Crippen LogP contribution in [-0.2, 0) is 13.0 Å². The SMILES string of the molecule is CC.CC[B]N1CCN(CCn2cc(CC)nn2)CC1. The maximum absolute atomic E-state index is 4.14. The number of piperazine rings is 1. The van der Waals surface area contributed by atoms with Gasteiger partial charge in [-0.2, -0.15) is 0 Å². The van der Waals surface area contributed by atoms with E-state index in [1.54, 1.807) is 0 Å². The number of aromatic nitrogens is 3. The molecule has 0 spiro atoms. The van der Waals surface area contributed by atoms with Crippen molar-refractivity contribution >= 4 is 7.41 Å². The summed E-state index contributed by atoms with van der Waals surface area (Å²) in [6.45, 7) is 15.0. The van der Waals surface area contributed by atoms with Crippen LogP contribution in [-0.4, -0.2) is 64.8 Å². The van der Waals surface area contributed by atoms with Crippen molar-refractivity contribution in [2.24, 2.45) is 0 Å². The van der Waals surface area contributed by atoms with E-state index in [1.165, 1.54) is 0 Å². The molecule has 2 rings (SSSR count). The van der Waals surface area contributed by atoms with Crippen LogP contribution < -0.4 is 0 Å². The molecule has 5 nitrogen and oxygen atoms in total. The molecular weight excluding hydrogens is 249 g/mol. The van der Waals surface area contributed by atoms with Gasteiger partial charge >= 0.3 is 0 Å². The predicted octanol–water partition coefficient (Wildman–Crippen LogP) is 1.54. The molecule has 0 atom stereocenters. The van der Waals surface area contributed by atoms with Gasteiger partial charge in [-0.05, 0) is 19.5 Å². The normalized spacial score (nSPS) is 16.6. The van der Waals surface area contributed by atoms with Crippen molar-refractivity contribution in [3.63, 3.8) is 0 Å². The highest BCUT2D eigenvalue weighted by Crippen LogP contribution is 2.02. The molecule has 0 bridgehead atoms. The van der Waals surface area contributed by atoms with Gasteiger partial charge in [0.2, 0.25) is 7.41 Å². The van der Waals surface area contributed by atoms with Crippen LogP contribution in [0.3, 0.4) is 0 Å². The van der Waals surface area contributed by atoms with Gasteiger partial charge in [0.15, 0.2) is 0 Å². The lowest BCUT2D eigenvalue weighted by molar-refractivity contribution is 0.181. The quantitative estimate of drug-likeness (QED) is 0.740. The van der Waals surface area contributed by atoms with E-state index in [-0.39, 0.29) is 0 Å². The first-order valence-corrected chi connectivity index (χ1v) is 8.00. The second kappa shape index (κ2) is 9.94. The molecule has 6 heteroatoms. The minimum absolute atomic E-state index is 0.949. The molecule has 113 valence electrons. The molecule has 0 saturated carbocycles. The zero-order valence-electron chi connectivity index (χ0n) is 13.5. The Morgan fingerprint density at radius 2 is 1.80 bits per heavy atom. The predicted molar refractivity (Wildman–Crippen MR) is 85.0 cm³/mol. The average molecular weight is 278 g/mol. The zero-order chi connectivity index (χ0) is 14.8. The Balaban J connectivity index is 0.000000956. The summed E-state index contributed by atoms with van der Waals surface area (Å²) in [7, 11) is 2.31. The minimum Gasteiger partial charge on any atom is -0.344 e. The molecule has 1 radical (unpaired) electrons. The molecule has 0 aromatic carbocycles. The van der Waals surface area contributed by atoms with E-state index in [9.17, 15) is 0 Å². The molecule has 20 heavy (non-hydrogen) atoms. The van der Waals surface area contributed by atoms with Gasteiger partial charge < -0.3 is 4.81 Å². The fraction of sp³-hybridized carbons (Fsp3) is 0.857. The smallest absolute Gasteiger partial charge is 0.208 e. The lowest BCUT2D eigenvalue weighted by Gasteiger charge is -2.34. The van der Waals surface area contributed by atoms with E-state index in [0.717, 1.165) is 57.7 Å². The minimum atomic E-state index is 0.949. The highest BCUT2D eigenvalue weighted by molar-refractivity contribution is 6.31. The Labute approximate surface area is 124 Å². The lowest BCUT2D eigenvalue weighted by atomic mass is 9.86. The first-order chi connectivity index (χ1) is 9.81. The van der Waals surface area contributed by atoms with Crippen molar-refractivity contribution in [1.82, 2.24) is 24.7 Å². The lowest BCUT2D eigenvalue weighted by Crippen LogP contribution is -2.48. The molecule has 1 aliphatic rings. The van der Waals surface area contributed by atoms with Crippen molar-refractivity contribution in [2.45, 2.75) is 47.0 Å². The largest absolute Gasteiger partial charge is 0.344 e. The van der Waals surface area contributed by atoms with Gasteiger partial charge in [-0.3, -0.25) is 9.58 Å². The summed E-state index contributed by atoms with van der Waals surface area (Å²) in [6.07, 6.45) is 4.16. The molecular formula is C14H29BN5.